The van der Waals surface area contributed by atoms with Crippen molar-refractivity contribution in [2.24, 2.45) is 5.92 Å². The molecule has 1 aliphatic heterocycles. The van der Waals surface area contributed by atoms with Crippen molar-refractivity contribution in [3.8, 4) is 0 Å². The Bertz CT molecular complexity index is 473. The Kier molecular flexibility index (Phi) is 4.86. The van der Waals surface area contributed by atoms with E-state index in [2.05, 4.69) is 24.7 Å². The highest BCUT2D eigenvalue weighted by Gasteiger charge is 2.28. The second kappa shape index (κ2) is 6.42. The highest BCUT2D eigenvalue weighted by atomic mass is 32.2. The van der Waals surface area contributed by atoms with Crippen LogP contribution in [0, 0.1) is 5.92 Å². The Balaban J connectivity index is 1.91. The summed E-state index contributed by atoms with van der Waals surface area (Å²) in [7, 11) is -1.60. The van der Waals surface area contributed by atoms with Gasteiger partial charge in [-0.25, -0.2) is 0 Å². The van der Waals surface area contributed by atoms with Crippen LogP contribution in [0.25, 0.3) is 0 Å². The van der Waals surface area contributed by atoms with E-state index in [1.807, 2.05) is 7.05 Å². The predicted molar refractivity (Wildman–Crippen MR) is 68.3 cm³/mol. The molecule has 1 aromatic rings. The van der Waals surface area contributed by atoms with Crippen LogP contribution in [0.15, 0.2) is 10.9 Å². The molecule has 1 fully saturated rings. The fourth-order valence-electron chi connectivity index (χ4n) is 2.22. The molecule has 1 aromatic heterocycles. The normalized spacial score (nSPS) is 21.6. The van der Waals surface area contributed by atoms with E-state index < -0.39 is 10.2 Å². The lowest BCUT2D eigenvalue weighted by molar-refractivity contribution is 0.260. The molecule has 1 saturated heterocycles. The van der Waals surface area contributed by atoms with Gasteiger partial charge in [-0.1, -0.05) is 5.16 Å². The van der Waals surface area contributed by atoms with Gasteiger partial charge in [0.2, 0.25) is 6.39 Å². The van der Waals surface area contributed by atoms with E-state index >= 15 is 0 Å². The summed E-state index contributed by atoms with van der Waals surface area (Å²) < 4.78 is 32.8. The molecule has 0 aromatic carbocycles. The summed E-state index contributed by atoms with van der Waals surface area (Å²) in [5.74, 6) is 0.688. The topological polar surface area (TPSA) is 100 Å². The number of hydrogen-bond donors (Lipinski definition) is 2. The van der Waals surface area contributed by atoms with E-state index in [1.165, 1.54) is 10.7 Å². The zero-order chi connectivity index (χ0) is 13.7. The van der Waals surface area contributed by atoms with E-state index in [0.29, 0.717) is 24.8 Å². The van der Waals surface area contributed by atoms with E-state index in [4.69, 9.17) is 0 Å². The SMILES string of the molecule is CNCC1CCCN(S(=O)(=O)NCc2ncon2)C1. The molecule has 0 spiro atoms. The maximum atomic E-state index is 12.1. The number of aromatic nitrogens is 2. The molecule has 8 nitrogen and oxygen atoms in total. The summed E-state index contributed by atoms with van der Waals surface area (Å²) >= 11 is 0. The first-order valence-corrected chi connectivity index (χ1v) is 7.70. The minimum absolute atomic E-state index is 0.0476. The molecular formula is C10H19N5O3S. The number of rotatable bonds is 6. The van der Waals surface area contributed by atoms with E-state index in [9.17, 15) is 8.42 Å². The van der Waals surface area contributed by atoms with Crippen molar-refractivity contribution in [1.82, 2.24) is 24.5 Å². The molecule has 1 unspecified atom stereocenters. The molecule has 1 atom stereocenters. The van der Waals surface area contributed by atoms with Crippen LogP contribution in [0.5, 0.6) is 0 Å². The van der Waals surface area contributed by atoms with E-state index in [0.717, 1.165) is 19.4 Å². The van der Waals surface area contributed by atoms with Crippen molar-refractivity contribution >= 4 is 10.2 Å². The molecule has 1 aliphatic rings. The van der Waals surface area contributed by atoms with Crippen LogP contribution in [0.2, 0.25) is 0 Å². The Morgan fingerprint density at radius 1 is 1.58 bits per heavy atom. The smallest absolute Gasteiger partial charge is 0.279 e. The zero-order valence-corrected chi connectivity index (χ0v) is 11.7. The molecule has 0 saturated carbocycles. The van der Waals surface area contributed by atoms with E-state index in [-0.39, 0.29) is 6.54 Å². The van der Waals surface area contributed by atoms with Gasteiger partial charge in [-0.05, 0) is 32.4 Å². The van der Waals surface area contributed by atoms with Gasteiger partial charge in [-0.3, -0.25) is 0 Å². The molecule has 2 N–H and O–H groups in total. The van der Waals surface area contributed by atoms with Crippen LogP contribution in [-0.2, 0) is 16.8 Å². The van der Waals surface area contributed by atoms with Crippen LogP contribution in [-0.4, -0.2) is 49.5 Å². The maximum absolute atomic E-state index is 12.1. The van der Waals surface area contributed by atoms with Gasteiger partial charge in [0.15, 0.2) is 5.82 Å². The van der Waals surface area contributed by atoms with Gasteiger partial charge in [-0.2, -0.15) is 22.4 Å². The van der Waals surface area contributed by atoms with Crippen molar-refractivity contribution in [2.75, 3.05) is 26.7 Å². The molecule has 108 valence electrons. The minimum atomic E-state index is -3.48. The number of nitrogens with one attached hydrogen (secondary N) is 2. The fraction of sp³-hybridized carbons (Fsp3) is 0.800. The third-order valence-corrected chi connectivity index (χ3v) is 4.65. The average molecular weight is 289 g/mol. The Hall–Kier alpha value is -1.03. The van der Waals surface area contributed by atoms with Crippen LogP contribution in [0.4, 0.5) is 0 Å². The summed E-state index contributed by atoms with van der Waals surface area (Å²) in [5, 5.41) is 6.66. The van der Waals surface area contributed by atoms with Gasteiger partial charge in [0.25, 0.3) is 10.2 Å². The largest absolute Gasteiger partial charge is 0.343 e. The summed E-state index contributed by atoms with van der Waals surface area (Å²) in [6, 6.07) is 0. The first-order chi connectivity index (χ1) is 9.12. The van der Waals surface area contributed by atoms with Gasteiger partial charge < -0.3 is 9.84 Å². The van der Waals surface area contributed by atoms with E-state index in [1.54, 1.807) is 0 Å². The van der Waals surface area contributed by atoms with Gasteiger partial charge >= 0.3 is 0 Å². The zero-order valence-electron chi connectivity index (χ0n) is 10.9. The highest BCUT2D eigenvalue weighted by Crippen LogP contribution is 2.17. The van der Waals surface area contributed by atoms with Gasteiger partial charge in [0.1, 0.15) is 0 Å². The number of piperidine rings is 1. The quantitative estimate of drug-likeness (QED) is 0.721. The van der Waals surface area contributed by atoms with Crippen molar-refractivity contribution in [1.29, 1.82) is 0 Å². The Morgan fingerprint density at radius 3 is 3.11 bits per heavy atom. The van der Waals surface area contributed by atoms with Gasteiger partial charge in [0, 0.05) is 13.1 Å². The first-order valence-electron chi connectivity index (χ1n) is 6.26. The maximum Gasteiger partial charge on any atom is 0.279 e. The monoisotopic (exact) mass is 289 g/mol. The van der Waals surface area contributed by atoms with Gasteiger partial charge in [-0.15, -0.1) is 0 Å². The average Bonchev–Trinajstić information content (AvgIpc) is 2.90. The minimum Gasteiger partial charge on any atom is -0.343 e. The standard InChI is InChI=1S/C10H19N5O3S/c1-11-5-9-3-2-4-15(7-9)19(16,17)13-6-10-12-8-18-14-10/h8-9,11,13H,2-7H2,1H3. The molecule has 9 heteroatoms. The molecule has 0 amide bonds. The molecule has 19 heavy (non-hydrogen) atoms. The second-order valence-corrected chi connectivity index (χ2v) is 6.35. The molecule has 0 bridgehead atoms. The fourth-order valence-corrected chi connectivity index (χ4v) is 3.49. The van der Waals surface area contributed by atoms with Crippen molar-refractivity contribution < 1.29 is 12.9 Å². The Morgan fingerprint density at radius 2 is 2.42 bits per heavy atom. The molecule has 0 radical (unpaired) electrons. The summed E-state index contributed by atoms with van der Waals surface area (Å²) in [5.41, 5.74) is 0. The molecule has 2 heterocycles. The van der Waals surface area contributed by atoms with Crippen molar-refractivity contribution in [3.63, 3.8) is 0 Å². The van der Waals surface area contributed by atoms with Crippen LogP contribution in [0.3, 0.4) is 0 Å². The van der Waals surface area contributed by atoms with Crippen LogP contribution in [0.1, 0.15) is 18.7 Å². The lowest BCUT2D eigenvalue weighted by Gasteiger charge is -2.31. The molecule has 2 rings (SSSR count). The van der Waals surface area contributed by atoms with Crippen molar-refractivity contribution in [3.05, 3.63) is 12.2 Å². The molecule has 0 aliphatic carbocycles. The number of nitrogens with zero attached hydrogens (tertiary/aromatic N) is 3. The predicted octanol–water partition coefficient (Wildman–Crippen LogP) is -0.665. The van der Waals surface area contributed by atoms with Gasteiger partial charge in [0.05, 0.1) is 6.54 Å². The van der Waals surface area contributed by atoms with Crippen LogP contribution < -0.4 is 10.0 Å². The highest BCUT2D eigenvalue weighted by molar-refractivity contribution is 7.87. The summed E-state index contributed by atoms with van der Waals surface area (Å²) in [4.78, 5) is 3.78. The first kappa shape index (κ1) is 14.4. The second-order valence-electron chi connectivity index (χ2n) is 4.60. The third-order valence-electron chi connectivity index (χ3n) is 3.13. The lowest BCUT2D eigenvalue weighted by Crippen LogP contribution is -2.47. The number of hydrogen-bond acceptors (Lipinski definition) is 6. The Labute approximate surface area is 112 Å². The summed E-state index contributed by atoms with van der Waals surface area (Å²) in [6.07, 6.45) is 3.11. The van der Waals surface area contributed by atoms with Crippen molar-refractivity contribution in [2.45, 2.75) is 19.4 Å². The van der Waals surface area contributed by atoms with Crippen LogP contribution >= 0.6 is 0 Å². The lowest BCUT2D eigenvalue weighted by atomic mass is 10.00. The summed E-state index contributed by atoms with van der Waals surface area (Å²) in [6.45, 7) is 1.98. The third kappa shape index (κ3) is 3.96. The molecular weight excluding hydrogens is 270 g/mol.